The summed E-state index contributed by atoms with van der Waals surface area (Å²) in [5.74, 6) is 0. The normalized spacial score (nSPS) is 20.2. The molecule has 2 aromatic rings. The van der Waals surface area contributed by atoms with Crippen LogP contribution in [0.5, 0.6) is 0 Å². The Hall–Kier alpha value is -1.34. The summed E-state index contributed by atoms with van der Waals surface area (Å²) in [6.45, 7) is 0. The fourth-order valence-corrected chi connectivity index (χ4v) is 3.99. The van der Waals surface area contributed by atoms with E-state index in [-0.39, 0.29) is 0 Å². The Bertz CT molecular complexity index is 652. The number of halogens is 1. The summed E-state index contributed by atoms with van der Waals surface area (Å²) >= 11 is 3.86. The summed E-state index contributed by atoms with van der Waals surface area (Å²) in [6, 6.07) is 17.5. The highest BCUT2D eigenvalue weighted by molar-refractivity contribution is 9.09. The van der Waals surface area contributed by atoms with E-state index in [4.69, 9.17) is 0 Å². The maximum atomic E-state index is 3.86. The van der Waals surface area contributed by atoms with Crippen molar-refractivity contribution in [3.05, 3.63) is 70.8 Å². The number of alkyl halides is 1. The highest BCUT2D eigenvalue weighted by Gasteiger charge is 2.34. The minimum absolute atomic E-state index is 0.373. The fraction of sp³-hybridized carbons (Fsp3) is 0.125. The predicted molar refractivity (Wildman–Crippen MR) is 75.1 cm³/mol. The van der Waals surface area contributed by atoms with Crippen LogP contribution in [0, 0.1) is 0 Å². The number of fused-ring (bicyclic) bond motifs is 4. The van der Waals surface area contributed by atoms with Crippen molar-refractivity contribution in [3.63, 3.8) is 0 Å². The molecule has 0 radical (unpaired) electrons. The van der Waals surface area contributed by atoms with E-state index < -0.39 is 0 Å². The first-order valence-electron chi connectivity index (χ1n) is 5.91. The topological polar surface area (TPSA) is 0 Å². The number of rotatable bonds is 0. The zero-order valence-corrected chi connectivity index (χ0v) is 10.9. The summed E-state index contributed by atoms with van der Waals surface area (Å²) in [5, 5.41) is 0. The van der Waals surface area contributed by atoms with Gasteiger partial charge in [0, 0.05) is 0 Å². The number of hydrogen-bond donors (Lipinski definition) is 0. The molecule has 0 bridgehead atoms. The summed E-state index contributed by atoms with van der Waals surface area (Å²) in [4.78, 5) is 0.373. The van der Waals surface area contributed by atoms with Crippen molar-refractivity contribution in [2.24, 2.45) is 0 Å². The molecule has 0 saturated carbocycles. The molecule has 1 unspecified atom stereocenters. The van der Waals surface area contributed by atoms with Gasteiger partial charge in [0.05, 0.1) is 4.83 Å². The Kier molecular flexibility index (Phi) is 1.89. The van der Waals surface area contributed by atoms with Crippen LogP contribution in [0.4, 0.5) is 0 Å². The van der Waals surface area contributed by atoms with Crippen LogP contribution in [-0.4, -0.2) is 0 Å². The third-order valence-electron chi connectivity index (χ3n) is 3.81. The van der Waals surface area contributed by atoms with Gasteiger partial charge in [-0.3, -0.25) is 0 Å². The van der Waals surface area contributed by atoms with Crippen LogP contribution in [0.25, 0.3) is 11.1 Å². The minimum Gasteiger partial charge on any atom is -0.0786 e. The van der Waals surface area contributed by atoms with Crippen molar-refractivity contribution in [2.75, 3.05) is 0 Å². The molecule has 0 N–H and O–H groups in total. The first-order chi connectivity index (χ1) is 8.36. The summed E-state index contributed by atoms with van der Waals surface area (Å²) in [6.07, 6.45) is 1.09. The molecule has 82 valence electrons. The molecule has 0 amide bonds. The molecule has 2 aliphatic rings. The van der Waals surface area contributed by atoms with E-state index in [1.165, 1.54) is 33.4 Å². The van der Waals surface area contributed by atoms with Crippen molar-refractivity contribution in [1.82, 2.24) is 0 Å². The van der Waals surface area contributed by atoms with Gasteiger partial charge in [0.15, 0.2) is 0 Å². The molecule has 0 heterocycles. The lowest BCUT2D eigenvalue weighted by Crippen LogP contribution is -1.93. The largest absolute Gasteiger partial charge is 0.0786 e. The highest BCUT2D eigenvalue weighted by Crippen LogP contribution is 2.55. The maximum absolute atomic E-state index is 3.86. The smallest absolute Gasteiger partial charge is 0.0659 e. The molecule has 0 saturated heterocycles. The molecular formula is C16H11Br. The van der Waals surface area contributed by atoms with Gasteiger partial charge >= 0.3 is 0 Å². The van der Waals surface area contributed by atoms with Gasteiger partial charge < -0.3 is 0 Å². The average molecular weight is 283 g/mol. The highest BCUT2D eigenvalue weighted by atomic mass is 79.9. The Morgan fingerprint density at radius 2 is 1.59 bits per heavy atom. The zero-order valence-electron chi connectivity index (χ0n) is 9.28. The van der Waals surface area contributed by atoms with Gasteiger partial charge in [-0.1, -0.05) is 64.5 Å². The molecule has 4 rings (SSSR count). The van der Waals surface area contributed by atoms with Gasteiger partial charge in [-0.15, -0.1) is 0 Å². The molecule has 17 heavy (non-hydrogen) atoms. The van der Waals surface area contributed by atoms with Crippen molar-refractivity contribution in [2.45, 2.75) is 11.2 Å². The van der Waals surface area contributed by atoms with Crippen LogP contribution < -0.4 is 0 Å². The molecular weight excluding hydrogens is 272 g/mol. The zero-order chi connectivity index (χ0) is 11.4. The summed E-state index contributed by atoms with van der Waals surface area (Å²) in [7, 11) is 0. The first kappa shape index (κ1) is 9.67. The summed E-state index contributed by atoms with van der Waals surface area (Å²) in [5.41, 5.74) is 8.76. The molecule has 2 aliphatic carbocycles. The average Bonchev–Trinajstić information content (AvgIpc) is 2.88. The fourth-order valence-electron chi connectivity index (χ4n) is 3.06. The Morgan fingerprint density at radius 1 is 0.882 bits per heavy atom. The third kappa shape index (κ3) is 1.18. The lowest BCUT2D eigenvalue weighted by molar-refractivity contribution is 1.25. The molecule has 0 aromatic heterocycles. The van der Waals surface area contributed by atoms with Gasteiger partial charge in [0.2, 0.25) is 0 Å². The lowest BCUT2D eigenvalue weighted by Gasteiger charge is -2.11. The predicted octanol–water partition coefficient (Wildman–Crippen LogP) is 4.60. The lowest BCUT2D eigenvalue weighted by atomic mass is 9.99. The molecule has 0 spiro atoms. The van der Waals surface area contributed by atoms with Crippen molar-refractivity contribution in [3.8, 4) is 0 Å². The number of allylic oxidation sites excluding steroid dienone is 2. The quantitative estimate of drug-likeness (QED) is 0.620. The Balaban J connectivity index is 1.98. The molecule has 0 aliphatic heterocycles. The van der Waals surface area contributed by atoms with Crippen molar-refractivity contribution in [1.29, 1.82) is 0 Å². The van der Waals surface area contributed by atoms with Crippen LogP contribution >= 0.6 is 15.9 Å². The van der Waals surface area contributed by atoms with E-state index in [1.807, 2.05) is 0 Å². The van der Waals surface area contributed by atoms with Crippen LogP contribution in [0.15, 0.2) is 48.5 Å². The molecule has 0 fully saturated rings. The molecule has 1 heteroatoms. The van der Waals surface area contributed by atoms with Crippen molar-refractivity contribution < 1.29 is 0 Å². The second-order valence-corrected chi connectivity index (χ2v) is 5.59. The second-order valence-electron chi connectivity index (χ2n) is 4.68. The van der Waals surface area contributed by atoms with Crippen LogP contribution in [0.3, 0.4) is 0 Å². The van der Waals surface area contributed by atoms with Gasteiger partial charge in [0.1, 0.15) is 0 Å². The first-order valence-corrected chi connectivity index (χ1v) is 6.82. The monoisotopic (exact) mass is 282 g/mol. The SMILES string of the molecule is BrC1C2=C(Cc3ccccc32)c2ccccc21. The van der Waals surface area contributed by atoms with Gasteiger partial charge in [-0.25, -0.2) is 0 Å². The van der Waals surface area contributed by atoms with E-state index >= 15 is 0 Å². The van der Waals surface area contributed by atoms with Crippen LogP contribution in [-0.2, 0) is 6.42 Å². The third-order valence-corrected chi connectivity index (χ3v) is 4.76. The Labute approximate surface area is 109 Å². The molecule has 1 atom stereocenters. The van der Waals surface area contributed by atoms with Gasteiger partial charge in [0.25, 0.3) is 0 Å². The Morgan fingerprint density at radius 3 is 2.47 bits per heavy atom. The minimum atomic E-state index is 0.373. The van der Waals surface area contributed by atoms with E-state index in [0.717, 1.165) is 6.42 Å². The number of benzene rings is 2. The molecule has 0 nitrogen and oxygen atoms in total. The van der Waals surface area contributed by atoms with E-state index in [1.54, 1.807) is 0 Å². The van der Waals surface area contributed by atoms with E-state index in [0.29, 0.717) is 4.83 Å². The standard InChI is InChI=1S/C16H11Br/c17-16-13-8-4-3-7-12(13)14-9-10-5-1-2-6-11(10)15(14)16/h1-8,16H,9H2. The second kappa shape index (κ2) is 3.33. The van der Waals surface area contributed by atoms with Crippen molar-refractivity contribution >= 4 is 27.1 Å². The van der Waals surface area contributed by atoms with E-state index in [2.05, 4.69) is 64.5 Å². The molecule has 2 aromatic carbocycles. The van der Waals surface area contributed by atoms with E-state index in [9.17, 15) is 0 Å². The van der Waals surface area contributed by atoms with Gasteiger partial charge in [-0.05, 0) is 39.8 Å². The number of hydrogen-bond acceptors (Lipinski definition) is 0. The van der Waals surface area contributed by atoms with Crippen LogP contribution in [0.1, 0.15) is 27.1 Å². The summed E-state index contributed by atoms with van der Waals surface area (Å²) < 4.78 is 0. The van der Waals surface area contributed by atoms with Gasteiger partial charge in [-0.2, -0.15) is 0 Å². The maximum Gasteiger partial charge on any atom is 0.0659 e. The van der Waals surface area contributed by atoms with Crippen LogP contribution in [0.2, 0.25) is 0 Å².